The summed E-state index contributed by atoms with van der Waals surface area (Å²) >= 11 is 0. The highest BCUT2D eigenvalue weighted by atomic mass is 15.2. The van der Waals surface area contributed by atoms with Crippen molar-refractivity contribution in [2.24, 2.45) is 11.8 Å². The number of allylic oxidation sites excluding steroid dienone is 11. The third-order valence-electron chi connectivity index (χ3n) is 14.1. The van der Waals surface area contributed by atoms with Crippen LogP contribution in [-0.2, 0) is 6.42 Å². The Morgan fingerprint density at radius 3 is 1.73 bits per heavy atom. The molecule has 1 heteroatoms. The number of hydrogen-bond acceptors (Lipinski definition) is 1. The molecule has 0 saturated heterocycles. The summed E-state index contributed by atoms with van der Waals surface area (Å²) in [5, 5.41) is 7.81. The minimum atomic E-state index is 0.214. The summed E-state index contributed by atoms with van der Waals surface area (Å²) < 4.78 is 0. The van der Waals surface area contributed by atoms with Crippen molar-refractivity contribution in [1.29, 1.82) is 0 Å². The van der Waals surface area contributed by atoms with Gasteiger partial charge in [-0.2, -0.15) is 0 Å². The van der Waals surface area contributed by atoms with E-state index in [0.29, 0.717) is 11.8 Å². The third kappa shape index (κ3) is 6.89. The van der Waals surface area contributed by atoms with E-state index in [2.05, 4.69) is 236 Å². The Hall–Kier alpha value is -7.48. The van der Waals surface area contributed by atoms with Gasteiger partial charge in [-0.15, -0.1) is 0 Å². The van der Waals surface area contributed by atoms with Gasteiger partial charge in [0.2, 0.25) is 0 Å². The molecule has 306 valence electrons. The highest BCUT2D eigenvalue weighted by Crippen LogP contribution is 2.50. The fourth-order valence-electron chi connectivity index (χ4n) is 11.1. The van der Waals surface area contributed by atoms with E-state index in [1.54, 1.807) is 11.1 Å². The molecule has 64 heavy (non-hydrogen) atoms. The summed E-state index contributed by atoms with van der Waals surface area (Å²) in [7, 11) is 0. The zero-order chi connectivity index (χ0) is 42.4. The maximum Gasteiger partial charge on any atom is 0.0565 e. The summed E-state index contributed by atoms with van der Waals surface area (Å²) in [5.41, 5.74) is 16.1. The fourth-order valence-corrected chi connectivity index (χ4v) is 11.1. The second-order valence-corrected chi connectivity index (χ2v) is 17.8. The van der Waals surface area contributed by atoms with E-state index >= 15 is 0 Å². The predicted octanol–water partition coefficient (Wildman–Crippen LogP) is 16.4. The van der Waals surface area contributed by atoms with Gasteiger partial charge in [0.05, 0.1) is 6.04 Å². The average Bonchev–Trinajstić information content (AvgIpc) is 3.37. The van der Waals surface area contributed by atoms with E-state index in [1.165, 1.54) is 88.2 Å². The molecule has 0 heterocycles. The highest BCUT2D eigenvalue weighted by Gasteiger charge is 2.37. The SMILES string of the molecule is C1=CC2C3=C(CCC=C3)C3=C(C=CC(N(c4ccccc4)c4ccc(-c5ccc(CC(=Cc6ccc7c8ccccc8c8ccccc8c7c6)c6ccccc6)cc5)cc4)C3)C2C=C1. The van der Waals surface area contributed by atoms with Crippen LogP contribution in [0, 0.1) is 11.8 Å². The Morgan fingerprint density at radius 2 is 1.06 bits per heavy atom. The minimum Gasteiger partial charge on any atom is -0.334 e. The lowest BCUT2D eigenvalue weighted by Crippen LogP contribution is -2.34. The first kappa shape index (κ1) is 38.2. The van der Waals surface area contributed by atoms with E-state index in [0.717, 1.165) is 25.7 Å². The van der Waals surface area contributed by atoms with Gasteiger partial charge in [0.1, 0.15) is 0 Å². The summed E-state index contributed by atoms with van der Waals surface area (Å²) in [6.45, 7) is 0. The number of hydrogen-bond donors (Lipinski definition) is 0. The first-order valence-electron chi connectivity index (χ1n) is 23.0. The lowest BCUT2D eigenvalue weighted by Gasteiger charge is -2.42. The van der Waals surface area contributed by atoms with Crippen molar-refractivity contribution in [1.82, 2.24) is 0 Å². The van der Waals surface area contributed by atoms with Crippen LogP contribution in [0.15, 0.2) is 247 Å². The van der Waals surface area contributed by atoms with Crippen LogP contribution >= 0.6 is 0 Å². The lowest BCUT2D eigenvalue weighted by molar-refractivity contribution is 0.571. The van der Waals surface area contributed by atoms with E-state index in [-0.39, 0.29) is 6.04 Å². The molecule has 0 N–H and O–H groups in total. The zero-order valence-corrected chi connectivity index (χ0v) is 35.9. The quantitative estimate of drug-likeness (QED) is 0.109. The van der Waals surface area contributed by atoms with E-state index < -0.39 is 0 Å². The van der Waals surface area contributed by atoms with E-state index in [1.807, 2.05) is 0 Å². The maximum atomic E-state index is 2.55. The van der Waals surface area contributed by atoms with Crippen molar-refractivity contribution in [2.75, 3.05) is 4.90 Å². The van der Waals surface area contributed by atoms with E-state index in [4.69, 9.17) is 0 Å². The Morgan fingerprint density at radius 1 is 0.500 bits per heavy atom. The Labute approximate surface area is 376 Å². The number of anilines is 2. The van der Waals surface area contributed by atoms with Gasteiger partial charge in [-0.25, -0.2) is 0 Å². The van der Waals surface area contributed by atoms with Gasteiger partial charge in [0.15, 0.2) is 0 Å². The summed E-state index contributed by atoms with van der Waals surface area (Å²) in [5.74, 6) is 0.867. The van der Waals surface area contributed by atoms with Crippen LogP contribution in [-0.4, -0.2) is 6.04 Å². The zero-order valence-electron chi connectivity index (χ0n) is 35.9. The molecule has 12 rings (SSSR count). The van der Waals surface area contributed by atoms with Crippen LogP contribution in [0.5, 0.6) is 0 Å². The minimum absolute atomic E-state index is 0.214. The standard InChI is InChI=1S/C63H49N/c1-3-15-45(16-4-1)48(40-44-29-37-60-56-23-9-7-19-52(56)54-21-11-13-25-58(54)62(60)41-44)39-43-27-30-46(31-28-43)47-32-34-50(35-33-47)64(49-17-5-2-6-18-49)51-36-38-61-57-24-10-8-20-53(57)55-22-12-14-26-59(55)63(61)42-51/h1-13,15-25,27-38,40-41,51,53,57H,14,26,39,42H2. The molecule has 8 aromatic carbocycles. The van der Waals surface area contributed by atoms with Gasteiger partial charge in [0.25, 0.3) is 0 Å². The first-order valence-corrected chi connectivity index (χ1v) is 23.0. The van der Waals surface area contributed by atoms with Crippen molar-refractivity contribution in [3.8, 4) is 11.1 Å². The van der Waals surface area contributed by atoms with Crippen LogP contribution in [0.1, 0.15) is 36.0 Å². The average molecular weight is 820 g/mol. The fraction of sp³-hybridized carbons (Fsp3) is 0.111. The largest absolute Gasteiger partial charge is 0.334 e. The molecule has 4 aliphatic rings. The number of rotatable bonds is 8. The lowest BCUT2D eigenvalue weighted by atomic mass is 9.65. The van der Waals surface area contributed by atoms with Crippen molar-refractivity contribution in [3.05, 3.63) is 264 Å². The van der Waals surface area contributed by atoms with Crippen LogP contribution in [0.2, 0.25) is 0 Å². The molecular weight excluding hydrogens is 771 g/mol. The molecule has 3 atom stereocenters. The van der Waals surface area contributed by atoms with Crippen LogP contribution < -0.4 is 4.90 Å². The molecule has 8 aromatic rings. The van der Waals surface area contributed by atoms with Crippen molar-refractivity contribution in [3.63, 3.8) is 0 Å². The molecule has 1 nitrogen and oxygen atoms in total. The molecule has 0 fully saturated rings. The van der Waals surface area contributed by atoms with Gasteiger partial charge >= 0.3 is 0 Å². The molecule has 0 spiro atoms. The topological polar surface area (TPSA) is 3.24 Å². The Kier molecular flexibility index (Phi) is 9.75. The van der Waals surface area contributed by atoms with Gasteiger partial charge in [0, 0.05) is 23.2 Å². The van der Waals surface area contributed by atoms with Crippen LogP contribution in [0.3, 0.4) is 0 Å². The maximum absolute atomic E-state index is 2.55. The van der Waals surface area contributed by atoms with Crippen molar-refractivity contribution < 1.29 is 0 Å². The van der Waals surface area contributed by atoms with Gasteiger partial charge < -0.3 is 4.90 Å². The molecule has 0 aliphatic heterocycles. The summed E-state index contributed by atoms with van der Waals surface area (Å²) in [4.78, 5) is 2.55. The molecule has 4 aliphatic carbocycles. The smallest absolute Gasteiger partial charge is 0.0565 e. The Balaban J connectivity index is 0.830. The van der Waals surface area contributed by atoms with Crippen LogP contribution in [0.25, 0.3) is 55.1 Å². The van der Waals surface area contributed by atoms with Gasteiger partial charge in [-0.3, -0.25) is 0 Å². The van der Waals surface area contributed by atoms with Gasteiger partial charge in [-0.1, -0.05) is 200 Å². The predicted molar refractivity (Wildman–Crippen MR) is 273 cm³/mol. The molecular formula is C63H49N. The van der Waals surface area contributed by atoms with Crippen molar-refractivity contribution >= 4 is 55.3 Å². The molecule has 0 saturated carbocycles. The second kappa shape index (κ2) is 16.3. The molecule has 0 aromatic heterocycles. The number of benzene rings is 8. The second-order valence-electron chi connectivity index (χ2n) is 17.8. The normalized spacial score (nSPS) is 19.0. The van der Waals surface area contributed by atoms with E-state index in [9.17, 15) is 0 Å². The van der Waals surface area contributed by atoms with Crippen molar-refractivity contribution in [2.45, 2.75) is 31.7 Å². The number of para-hydroxylation sites is 1. The summed E-state index contributed by atoms with van der Waals surface area (Å²) in [6.07, 6.45) is 25.5. The number of nitrogens with zero attached hydrogens (tertiary/aromatic N) is 1. The molecule has 0 bridgehead atoms. The molecule has 0 radical (unpaired) electrons. The highest BCUT2D eigenvalue weighted by molar-refractivity contribution is 6.25. The first-order chi connectivity index (χ1) is 31.7. The molecule has 3 unspecified atom stereocenters. The number of fused-ring (bicyclic) bond motifs is 10. The van der Waals surface area contributed by atoms with Gasteiger partial charge in [-0.05, 0) is 144 Å². The summed E-state index contributed by atoms with van der Waals surface area (Å²) in [6, 6.07) is 65.1. The Bertz CT molecular complexity index is 3260. The van der Waals surface area contributed by atoms with Crippen LogP contribution in [0.4, 0.5) is 11.4 Å². The monoisotopic (exact) mass is 819 g/mol. The molecule has 0 amide bonds. The third-order valence-corrected chi connectivity index (χ3v) is 14.1.